The average Bonchev–Trinajstić information content (AvgIpc) is 2.25. The Morgan fingerprint density at radius 1 is 1.33 bits per heavy atom. The number of anilines is 2. The highest BCUT2D eigenvalue weighted by Gasteiger charge is 2.00. The second-order valence-corrected chi connectivity index (χ2v) is 3.29. The average molecular weight is 203 g/mol. The van der Waals surface area contributed by atoms with E-state index in [1.807, 2.05) is 24.3 Å². The summed E-state index contributed by atoms with van der Waals surface area (Å²) in [6, 6.07) is 7.49. The molecule has 0 amide bonds. The fourth-order valence-corrected chi connectivity index (χ4v) is 1.51. The molecule has 4 nitrogen and oxygen atoms in total. The number of aromatic nitrogens is 1. The van der Waals surface area contributed by atoms with Crippen molar-refractivity contribution in [2.24, 2.45) is 0 Å². The Kier molecular flexibility index (Phi) is 2.69. The summed E-state index contributed by atoms with van der Waals surface area (Å²) < 4.78 is 0. The van der Waals surface area contributed by atoms with Crippen LogP contribution in [0.1, 0.15) is 0 Å². The van der Waals surface area contributed by atoms with Crippen molar-refractivity contribution >= 4 is 22.3 Å². The van der Waals surface area contributed by atoms with E-state index in [9.17, 15) is 0 Å². The summed E-state index contributed by atoms with van der Waals surface area (Å²) >= 11 is 0. The molecule has 78 valence electrons. The molecule has 0 saturated carbocycles. The van der Waals surface area contributed by atoms with E-state index >= 15 is 0 Å². The number of aliphatic hydroxyl groups excluding tert-OH is 1. The molecule has 2 rings (SSSR count). The van der Waals surface area contributed by atoms with E-state index < -0.39 is 0 Å². The summed E-state index contributed by atoms with van der Waals surface area (Å²) in [5, 5.41) is 12.9. The lowest BCUT2D eigenvalue weighted by molar-refractivity contribution is 0.311. The van der Waals surface area contributed by atoms with Gasteiger partial charge in [0.15, 0.2) is 0 Å². The summed E-state index contributed by atoms with van der Waals surface area (Å²) in [6.45, 7) is 0.641. The van der Waals surface area contributed by atoms with Gasteiger partial charge >= 0.3 is 0 Å². The van der Waals surface area contributed by atoms with Gasteiger partial charge in [0, 0.05) is 29.5 Å². The minimum absolute atomic E-state index is 0.110. The van der Waals surface area contributed by atoms with E-state index in [0.29, 0.717) is 12.2 Å². The summed E-state index contributed by atoms with van der Waals surface area (Å²) in [5.41, 5.74) is 8.20. The zero-order chi connectivity index (χ0) is 10.7. The number of fused-ring (bicyclic) bond motifs is 1. The van der Waals surface area contributed by atoms with Gasteiger partial charge in [-0.1, -0.05) is 0 Å². The highest BCUT2D eigenvalue weighted by atomic mass is 16.3. The van der Waals surface area contributed by atoms with Crippen LogP contribution >= 0.6 is 0 Å². The SMILES string of the molecule is Nc1ccc2c(NCCO)ccnc2c1. The maximum atomic E-state index is 8.75. The second kappa shape index (κ2) is 4.14. The maximum Gasteiger partial charge on any atom is 0.0743 e. The Bertz CT molecular complexity index is 470. The van der Waals surface area contributed by atoms with Gasteiger partial charge in [-0.3, -0.25) is 4.98 Å². The zero-order valence-electron chi connectivity index (χ0n) is 8.27. The second-order valence-electron chi connectivity index (χ2n) is 3.29. The van der Waals surface area contributed by atoms with Crippen LogP contribution in [0.4, 0.5) is 11.4 Å². The van der Waals surface area contributed by atoms with Crippen molar-refractivity contribution in [3.63, 3.8) is 0 Å². The van der Waals surface area contributed by atoms with Gasteiger partial charge in [-0.2, -0.15) is 0 Å². The van der Waals surface area contributed by atoms with Gasteiger partial charge in [-0.05, 0) is 24.3 Å². The molecule has 1 heterocycles. The van der Waals surface area contributed by atoms with Crippen molar-refractivity contribution in [3.8, 4) is 0 Å². The molecule has 0 fully saturated rings. The quantitative estimate of drug-likeness (QED) is 0.656. The van der Waals surface area contributed by atoms with Crippen molar-refractivity contribution in [2.75, 3.05) is 24.2 Å². The molecule has 4 heteroatoms. The lowest BCUT2D eigenvalue weighted by atomic mass is 10.1. The molecular weight excluding hydrogens is 190 g/mol. The van der Waals surface area contributed by atoms with Crippen LogP contribution in [0, 0.1) is 0 Å². The van der Waals surface area contributed by atoms with Crippen LogP contribution in [0.25, 0.3) is 10.9 Å². The minimum atomic E-state index is 0.110. The number of benzene rings is 1. The Labute approximate surface area is 87.7 Å². The summed E-state index contributed by atoms with van der Waals surface area (Å²) in [6.07, 6.45) is 1.72. The van der Waals surface area contributed by atoms with E-state index in [4.69, 9.17) is 10.8 Å². The minimum Gasteiger partial charge on any atom is -0.399 e. The molecule has 4 N–H and O–H groups in total. The highest BCUT2D eigenvalue weighted by Crippen LogP contribution is 2.22. The summed E-state index contributed by atoms with van der Waals surface area (Å²) in [7, 11) is 0. The first-order valence-corrected chi connectivity index (χ1v) is 4.80. The number of nitrogens with zero attached hydrogens (tertiary/aromatic N) is 1. The van der Waals surface area contributed by atoms with Crippen molar-refractivity contribution in [3.05, 3.63) is 30.5 Å². The molecule has 0 aliphatic rings. The third-order valence-corrected chi connectivity index (χ3v) is 2.19. The molecule has 15 heavy (non-hydrogen) atoms. The van der Waals surface area contributed by atoms with Crippen LogP contribution in [0.2, 0.25) is 0 Å². The van der Waals surface area contributed by atoms with Gasteiger partial charge in [-0.15, -0.1) is 0 Å². The number of nitrogens with two attached hydrogens (primary N) is 1. The Hall–Kier alpha value is -1.81. The third-order valence-electron chi connectivity index (χ3n) is 2.19. The van der Waals surface area contributed by atoms with Crippen molar-refractivity contribution < 1.29 is 5.11 Å². The molecule has 0 saturated heterocycles. The molecule has 0 atom stereocenters. The Morgan fingerprint density at radius 2 is 2.20 bits per heavy atom. The Balaban J connectivity index is 2.46. The monoisotopic (exact) mass is 203 g/mol. The molecule has 0 bridgehead atoms. The van der Waals surface area contributed by atoms with Gasteiger partial charge in [0.1, 0.15) is 0 Å². The van der Waals surface area contributed by atoms with Crippen LogP contribution in [-0.4, -0.2) is 23.2 Å². The number of hydrogen-bond donors (Lipinski definition) is 3. The number of aliphatic hydroxyl groups is 1. The predicted molar refractivity (Wildman–Crippen MR) is 61.7 cm³/mol. The number of hydrogen-bond acceptors (Lipinski definition) is 4. The molecule has 0 spiro atoms. The Morgan fingerprint density at radius 3 is 3.00 bits per heavy atom. The van der Waals surface area contributed by atoms with E-state index in [2.05, 4.69) is 10.3 Å². The van der Waals surface area contributed by atoms with Crippen LogP contribution in [0.15, 0.2) is 30.5 Å². The van der Waals surface area contributed by atoms with Crippen molar-refractivity contribution in [1.29, 1.82) is 0 Å². The van der Waals surface area contributed by atoms with Gasteiger partial charge in [0.25, 0.3) is 0 Å². The molecule has 1 aromatic heterocycles. The molecule has 0 unspecified atom stereocenters. The molecular formula is C11H13N3O. The van der Waals surface area contributed by atoms with Crippen LogP contribution in [-0.2, 0) is 0 Å². The molecule has 0 aliphatic carbocycles. The van der Waals surface area contributed by atoms with E-state index in [0.717, 1.165) is 16.6 Å². The third kappa shape index (κ3) is 1.99. The van der Waals surface area contributed by atoms with E-state index in [-0.39, 0.29) is 6.61 Å². The first-order valence-electron chi connectivity index (χ1n) is 4.80. The summed E-state index contributed by atoms with van der Waals surface area (Å²) in [4.78, 5) is 4.23. The first kappa shape index (κ1) is 9.73. The maximum absolute atomic E-state index is 8.75. The standard InChI is InChI=1S/C11H13N3O/c12-8-1-2-9-10(14-5-6-15)3-4-13-11(9)7-8/h1-4,7,15H,5-6,12H2,(H,13,14). The predicted octanol–water partition coefficient (Wildman–Crippen LogP) is 1.22. The molecule has 0 radical (unpaired) electrons. The van der Waals surface area contributed by atoms with E-state index in [1.54, 1.807) is 6.20 Å². The van der Waals surface area contributed by atoms with Gasteiger partial charge < -0.3 is 16.2 Å². The van der Waals surface area contributed by atoms with Gasteiger partial charge in [-0.25, -0.2) is 0 Å². The lowest BCUT2D eigenvalue weighted by Gasteiger charge is -2.08. The van der Waals surface area contributed by atoms with Crippen LogP contribution in [0.5, 0.6) is 0 Å². The van der Waals surface area contributed by atoms with Crippen LogP contribution < -0.4 is 11.1 Å². The fourth-order valence-electron chi connectivity index (χ4n) is 1.51. The number of nitrogen functional groups attached to an aromatic ring is 1. The largest absolute Gasteiger partial charge is 0.399 e. The van der Waals surface area contributed by atoms with Gasteiger partial charge in [0.05, 0.1) is 12.1 Å². The highest BCUT2D eigenvalue weighted by molar-refractivity contribution is 5.92. The molecule has 0 aliphatic heterocycles. The molecule has 2 aromatic rings. The smallest absolute Gasteiger partial charge is 0.0743 e. The topological polar surface area (TPSA) is 71.2 Å². The zero-order valence-corrected chi connectivity index (χ0v) is 8.27. The number of rotatable bonds is 3. The normalized spacial score (nSPS) is 10.5. The fraction of sp³-hybridized carbons (Fsp3) is 0.182. The number of pyridine rings is 1. The first-order chi connectivity index (χ1) is 7.31. The van der Waals surface area contributed by atoms with Crippen molar-refractivity contribution in [1.82, 2.24) is 4.98 Å². The summed E-state index contributed by atoms with van der Waals surface area (Å²) in [5.74, 6) is 0. The van der Waals surface area contributed by atoms with Gasteiger partial charge in [0.2, 0.25) is 0 Å². The van der Waals surface area contributed by atoms with E-state index in [1.165, 1.54) is 0 Å². The number of nitrogens with one attached hydrogen (secondary N) is 1. The van der Waals surface area contributed by atoms with Crippen LogP contribution in [0.3, 0.4) is 0 Å². The van der Waals surface area contributed by atoms with Crippen molar-refractivity contribution in [2.45, 2.75) is 0 Å². The molecule has 1 aromatic carbocycles. The lowest BCUT2D eigenvalue weighted by Crippen LogP contribution is -2.05.